The molecule has 8 heteroatoms. The first-order valence-electron chi connectivity index (χ1n) is 8.52. The number of fused-ring (bicyclic) bond motifs is 1. The highest BCUT2D eigenvalue weighted by Gasteiger charge is 2.18. The van der Waals surface area contributed by atoms with Crippen molar-refractivity contribution in [2.45, 2.75) is 32.1 Å². The molecule has 0 radical (unpaired) electrons. The van der Waals surface area contributed by atoms with E-state index in [0.717, 1.165) is 11.1 Å². The predicted octanol–water partition coefficient (Wildman–Crippen LogP) is 5.40. The second-order valence-electron chi connectivity index (χ2n) is 7.05. The minimum atomic E-state index is -1.38. The van der Waals surface area contributed by atoms with Crippen molar-refractivity contribution in [3.05, 3.63) is 64.0 Å². The van der Waals surface area contributed by atoms with Crippen molar-refractivity contribution in [3.63, 3.8) is 0 Å². The van der Waals surface area contributed by atoms with E-state index in [1.54, 1.807) is 18.3 Å². The van der Waals surface area contributed by atoms with Crippen molar-refractivity contribution in [1.29, 1.82) is 0 Å². The van der Waals surface area contributed by atoms with Crippen LogP contribution in [0.1, 0.15) is 32.0 Å². The molecule has 2 aromatic heterocycles. The lowest BCUT2D eigenvalue weighted by Gasteiger charge is -2.13. The van der Waals surface area contributed by atoms with Crippen LogP contribution in [0, 0.1) is 0 Å². The topological polar surface area (TPSA) is 64.4 Å². The van der Waals surface area contributed by atoms with Gasteiger partial charge in [0.05, 0.1) is 21.0 Å². The summed E-state index contributed by atoms with van der Waals surface area (Å²) in [5.41, 5.74) is 2.01. The van der Waals surface area contributed by atoms with E-state index in [1.165, 1.54) is 6.21 Å². The summed E-state index contributed by atoms with van der Waals surface area (Å²) in [7, 11) is -1.38. The van der Waals surface area contributed by atoms with E-state index in [0.29, 0.717) is 28.5 Å². The molecule has 3 rings (SSSR count). The Morgan fingerprint density at radius 2 is 2.00 bits per heavy atom. The van der Waals surface area contributed by atoms with Gasteiger partial charge in [0.2, 0.25) is 0 Å². The van der Waals surface area contributed by atoms with Gasteiger partial charge in [-0.1, -0.05) is 29.3 Å². The van der Waals surface area contributed by atoms with Crippen molar-refractivity contribution in [1.82, 2.24) is 9.97 Å². The number of nitrogens with zero attached hydrogens (tertiary/aromatic N) is 3. The molecular weight excluding hydrogens is 417 g/mol. The number of pyridine rings is 2. The van der Waals surface area contributed by atoms with Gasteiger partial charge in [0.15, 0.2) is 0 Å². The summed E-state index contributed by atoms with van der Waals surface area (Å²) in [6, 6.07) is 10.9. The summed E-state index contributed by atoms with van der Waals surface area (Å²) in [6.07, 6.45) is 3.19. The van der Waals surface area contributed by atoms with Crippen LogP contribution in [-0.4, -0.2) is 25.1 Å². The van der Waals surface area contributed by atoms with Crippen LogP contribution in [0.4, 0.5) is 0 Å². The SMILES string of the molecule is CC(C)(C)[S@@](=O)N=Cc1cc2cc(Cl)c(OCc3ccccn3)cc2nc1Cl. The number of halogens is 2. The fourth-order valence-electron chi connectivity index (χ4n) is 2.27. The average molecular weight is 436 g/mol. The Hall–Kier alpha value is -2.02. The molecule has 28 heavy (non-hydrogen) atoms. The highest BCUT2D eigenvalue weighted by molar-refractivity contribution is 7.85. The fourth-order valence-corrected chi connectivity index (χ4v) is 3.21. The molecule has 0 N–H and O–H groups in total. The molecule has 0 aliphatic carbocycles. The van der Waals surface area contributed by atoms with Crippen molar-refractivity contribution < 1.29 is 8.95 Å². The summed E-state index contributed by atoms with van der Waals surface area (Å²) in [5, 5.41) is 1.50. The Morgan fingerprint density at radius 1 is 1.21 bits per heavy atom. The van der Waals surface area contributed by atoms with Crippen LogP contribution in [0.25, 0.3) is 10.9 Å². The molecule has 0 amide bonds. The summed E-state index contributed by atoms with van der Waals surface area (Å²) in [6.45, 7) is 5.86. The van der Waals surface area contributed by atoms with Crippen molar-refractivity contribution >= 4 is 51.3 Å². The Morgan fingerprint density at radius 3 is 2.68 bits per heavy atom. The van der Waals surface area contributed by atoms with Crippen LogP contribution < -0.4 is 4.74 Å². The monoisotopic (exact) mass is 435 g/mol. The molecule has 0 unspecified atom stereocenters. The van der Waals surface area contributed by atoms with E-state index in [1.807, 2.05) is 45.0 Å². The Balaban J connectivity index is 1.87. The van der Waals surface area contributed by atoms with Gasteiger partial charge in [0.1, 0.15) is 28.5 Å². The second-order valence-corrected chi connectivity index (χ2v) is 9.75. The lowest BCUT2D eigenvalue weighted by atomic mass is 10.1. The third-order valence-electron chi connectivity index (χ3n) is 3.76. The number of hydrogen-bond acceptors (Lipinski definition) is 4. The minimum absolute atomic E-state index is 0.264. The molecule has 0 saturated carbocycles. The Kier molecular flexibility index (Phi) is 6.33. The molecule has 1 atom stereocenters. The average Bonchev–Trinajstić information content (AvgIpc) is 2.65. The van der Waals surface area contributed by atoms with Crippen molar-refractivity contribution in [3.8, 4) is 5.75 Å². The van der Waals surface area contributed by atoms with E-state index in [4.69, 9.17) is 27.9 Å². The Labute approximate surface area is 176 Å². The van der Waals surface area contributed by atoms with Gasteiger partial charge in [0.25, 0.3) is 0 Å². The van der Waals surface area contributed by atoms with Gasteiger partial charge in [-0.05, 0) is 45.0 Å². The lowest BCUT2D eigenvalue weighted by Crippen LogP contribution is -2.19. The third-order valence-corrected chi connectivity index (χ3v) is 5.70. The molecule has 146 valence electrons. The minimum Gasteiger partial charge on any atom is -0.486 e. The molecule has 0 saturated heterocycles. The zero-order chi connectivity index (χ0) is 20.3. The smallest absolute Gasteiger partial charge is 0.144 e. The number of hydrogen-bond donors (Lipinski definition) is 0. The first kappa shape index (κ1) is 20.7. The molecule has 0 aliphatic heterocycles. The molecule has 1 aromatic carbocycles. The van der Waals surface area contributed by atoms with Gasteiger partial charge < -0.3 is 4.74 Å². The van der Waals surface area contributed by atoms with E-state index >= 15 is 0 Å². The van der Waals surface area contributed by atoms with Crippen LogP contribution in [0.2, 0.25) is 10.2 Å². The third kappa shape index (κ3) is 5.07. The van der Waals surface area contributed by atoms with E-state index in [2.05, 4.69) is 14.4 Å². The number of benzene rings is 1. The maximum atomic E-state index is 12.1. The van der Waals surface area contributed by atoms with Crippen LogP contribution in [0.15, 0.2) is 47.0 Å². The van der Waals surface area contributed by atoms with Gasteiger partial charge >= 0.3 is 0 Å². The normalized spacial score (nSPS) is 13.2. The van der Waals surface area contributed by atoms with Crippen molar-refractivity contribution in [2.24, 2.45) is 4.40 Å². The van der Waals surface area contributed by atoms with Gasteiger partial charge in [-0.15, -0.1) is 0 Å². The highest BCUT2D eigenvalue weighted by Crippen LogP contribution is 2.31. The molecule has 0 bridgehead atoms. The zero-order valence-electron chi connectivity index (χ0n) is 15.6. The lowest BCUT2D eigenvalue weighted by molar-refractivity contribution is 0.302. The van der Waals surface area contributed by atoms with E-state index in [9.17, 15) is 4.21 Å². The summed E-state index contributed by atoms with van der Waals surface area (Å²) >= 11 is 12.6. The molecule has 3 aromatic rings. The van der Waals surface area contributed by atoms with E-state index < -0.39 is 15.7 Å². The van der Waals surface area contributed by atoms with Gasteiger partial charge in [-0.3, -0.25) is 4.98 Å². The quantitative estimate of drug-likeness (QED) is 0.397. The highest BCUT2D eigenvalue weighted by atomic mass is 35.5. The van der Waals surface area contributed by atoms with Crippen LogP contribution in [0.3, 0.4) is 0 Å². The van der Waals surface area contributed by atoms with Crippen LogP contribution >= 0.6 is 23.2 Å². The molecule has 0 aliphatic rings. The molecule has 2 heterocycles. The first-order valence-corrected chi connectivity index (χ1v) is 10.4. The van der Waals surface area contributed by atoms with Gasteiger partial charge in [0, 0.05) is 29.4 Å². The largest absolute Gasteiger partial charge is 0.486 e. The standard InChI is InChI=1S/C20H19Cl2N3O2S/c1-20(2,3)28(26)24-11-14-8-13-9-16(21)18(10-17(13)25-19(14)22)27-12-15-6-4-5-7-23-15/h4-11H,12H2,1-3H3/t28-/m1/s1. The molecule has 5 nitrogen and oxygen atoms in total. The maximum Gasteiger partial charge on any atom is 0.144 e. The zero-order valence-corrected chi connectivity index (χ0v) is 18.0. The summed E-state index contributed by atoms with van der Waals surface area (Å²) in [4.78, 5) is 8.61. The summed E-state index contributed by atoms with van der Waals surface area (Å²) in [5.74, 6) is 0.499. The van der Waals surface area contributed by atoms with E-state index in [-0.39, 0.29) is 5.15 Å². The predicted molar refractivity (Wildman–Crippen MR) is 116 cm³/mol. The molecule has 0 fully saturated rings. The summed E-state index contributed by atoms with van der Waals surface area (Å²) < 4.78 is 21.5. The number of rotatable bonds is 5. The number of aromatic nitrogens is 2. The Bertz CT molecular complexity index is 1050. The van der Waals surface area contributed by atoms with Crippen LogP contribution in [0.5, 0.6) is 5.75 Å². The molecule has 0 spiro atoms. The maximum absolute atomic E-state index is 12.1. The first-order chi connectivity index (χ1) is 13.2. The van der Waals surface area contributed by atoms with Gasteiger partial charge in [-0.25, -0.2) is 9.19 Å². The van der Waals surface area contributed by atoms with Crippen molar-refractivity contribution in [2.75, 3.05) is 0 Å². The molecular formula is C20H19Cl2N3O2S. The van der Waals surface area contributed by atoms with Crippen LogP contribution in [-0.2, 0) is 17.6 Å². The van der Waals surface area contributed by atoms with Gasteiger partial charge in [-0.2, -0.15) is 4.40 Å². The number of ether oxygens (including phenoxy) is 1. The fraction of sp³-hybridized carbons (Fsp3) is 0.250. The second kappa shape index (κ2) is 8.55.